The van der Waals surface area contributed by atoms with Crippen molar-refractivity contribution in [2.24, 2.45) is 0 Å². The van der Waals surface area contributed by atoms with Gasteiger partial charge in [0.05, 0.1) is 0 Å². The van der Waals surface area contributed by atoms with Crippen LogP contribution in [0.5, 0.6) is 11.5 Å². The predicted octanol–water partition coefficient (Wildman–Crippen LogP) is 7.42. The SMILES string of the molecule is CC(C)(c1ccc(O)cc1)c1ccc(-c2ccc(C(C)(C)c3ccc(O)cc3)cc2)cc1. The molecule has 0 aliphatic carbocycles. The molecule has 2 heteroatoms. The Labute approximate surface area is 190 Å². The summed E-state index contributed by atoms with van der Waals surface area (Å²) in [6.45, 7) is 8.81. The summed E-state index contributed by atoms with van der Waals surface area (Å²) in [5.74, 6) is 0.578. The van der Waals surface area contributed by atoms with Crippen LogP contribution in [0.2, 0.25) is 0 Å². The minimum atomic E-state index is -0.149. The van der Waals surface area contributed by atoms with Crippen LogP contribution in [0.1, 0.15) is 49.9 Å². The molecule has 2 N–H and O–H groups in total. The highest BCUT2D eigenvalue weighted by atomic mass is 16.3. The van der Waals surface area contributed by atoms with Crippen molar-refractivity contribution in [1.29, 1.82) is 0 Å². The maximum Gasteiger partial charge on any atom is 0.115 e. The van der Waals surface area contributed by atoms with Crippen molar-refractivity contribution < 1.29 is 10.2 Å². The van der Waals surface area contributed by atoms with Gasteiger partial charge in [0, 0.05) is 10.8 Å². The van der Waals surface area contributed by atoms with E-state index in [0.29, 0.717) is 0 Å². The largest absolute Gasteiger partial charge is 0.508 e. The summed E-state index contributed by atoms with van der Waals surface area (Å²) in [6, 6.07) is 32.4. The lowest BCUT2D eigenvalue weighted by Gasteiger charge is -2.27. The Hall–Kier alpha value is -3.52. The third kappa shape index (κ3) is 4.13. The van der Waals surface area contributed by atoms with Gasteiger partial charge in [-0.05, 0) is 57.6 Å². The minimum Gasteiger partial charge on any atom is -0.508 e. The summed E-state index contributed by atoms with van der Waals surface area (Å²) in [7, 11) is 0. The van der Waals surface area contributed by atoms with E-state index < -0.39 is 0 Å². The van der Waals surface area contributed by atoms with E-state index in [4.69, 9.17) is 0 Å². The van der Waals surface area contributed by atoms with Gasteiger partial charge in [-0.1, -0.05) is 100 Å². The van der Waals surface area contributed by atoms with Crippen molar-refractivity contribution in [3.8, 4) is 22.6 Å². The van der Waals surface area contributed by atoms with Gasteiger partial charge in [0.15, 0.2) is 0 Å². The van der Waals surface area contributed by atoms with Gasteiger partial charge in [-0.15, -0.1) is 0 Å². The zero-order valence-electron chi connectivity index (χ0n) is 19.1. The standard InChI is InChI=1S/C30H30O2/c1-29(2,25-13-17-27(31)18-14-25)23-9-5-21(6-10-23)22-7-11-24(12-8-22)30(3,4)26-15-19-28(32)20-16-26/h5-20,31-32H,1-4H3. The van der Waals surface area contributed by atoms with Crippen LogP contribution in [-0.2, 0) is 10.8 Å². The molecule has 0 aliphatic rings. The summed E-state index contributed by atoms with van der Waals surface area (Å²) >= 11 is 0. The van der Waals surface area contributed by atoms with Gasteiger partial charge < -0.3 is 10.2 Å². The first-order chi connectivity index (χ1) is 15.2. The van der Waals surface area contributed by atoms with Crippen LogP contribution in [0, 0.1) is 0 Å². The van der Waals surface area contributed by atoms with Gasteiger partial charge in [-0.2, -0.15) is 0 Å². The molecule has 0 spiro atoms. The lowest BCUT2D eigenvalue weighted by Crippen LogP contribution is -2.18. The Bertz CT molecular complexity index is 1080. The second-order valence-corrected chi connectivity index (χ2v) is 9.50. The molecule has 32 heavy (non-hydrogen) atoms. The summed E-state index contributed by atoms with van der Waals surface area (Å²) in [4.78, 5) is 0. The zero-order valence-corrected chi connectivity index (χ0v) is 19.1. The zero-order chi connectivity index (χ0) is 22.9. The first-order valence-corrected chi connectivity index (χ1v) is 11.0. The van der Waals surface area contributed by atoms with Gasteiger partial charge in [0.2, 0.25) is 0 Å². The summed E-state index contributed by atoms with van der Waals surface area (Å²) < 4.78 is 0. The molecule has 0 fully saturated rings. The quantitative estimate of drug-likeness (QED) is 0.351. The molecule has 0 saturated carbocycles. The molecule has 0 radical (unpaired) electrons. The molecule has 4 aromatic rings. The molecule has 0 aliphatic heterocycles. The Kier molecular flexibility index (Phi) is 5.56. The average molecular weight is 423 g/mol. The number of phenolic OH excluding ortho intramolecular Hbond substituents is 2. The molecule has 4 rings (SSSR count). The van der Waals surface area contributed by atoms with Crippen molar-refractivity contribution in [3.63, 3.8) is 0 Å². The highest BCUT2D eigenvalue weighted by Crippen LogP contribution is 2.35. The maximum absolute atomic E-state index is 9.59. The van der Waals surface area contributed by atoms with Crippen molar-refractivity contribution in [2.75, 3.05) is 0 Å². The van der Waals surface area contributed by atoms with Crippen LogP contribution in [0.25, 0.3) is 11.1 Å². The van der Waals surface area contributed by atoms with Crippen LogP contribution in [-0.4, -0.2) is 10.2 Å². The molecule has 0 amide bonds. The normalized spacial score (nSPS) is 12.0. The fourth-order valence-corrected chi connectivity index (χ4v) is 4.25. The van der Waals surface area contributed by atoms with E-state index in [0.717, 1.165) is 0 Å². The number of phenols is 2. The number of hydrogen-bond acceptors (Lipinski definition) is 2. The molecular weight excluding hydrogens is 392 g/mol. The maximum atomic E-state index is 9.59. The highest BCUT2D eigenvalue weighted by Gasteiger charge is 2.24. The fourth-order valence-electron chi connectivity index (χ4n) is 4.25. The van der Waals surface area contributed by atoms with E-state index in [1.54, 1.807) is 24.3 Å². The van der Waals surface area contributed by atoms with Crippen LogP contribution in [0.4, 0.5) is 0 Å². The molecule has 0 unspecified atom stereocenters. The topological polar surface area (TPSA) is 40.5 Å². The van der Waals surface area contributed by atoms with E-state index in [1.807, 2.05) is 24.3 Å². The Balaban J connectivity index is 1.57. The van der Waals surface area contributed by atoms with E-state index >= 15 is 0 Å². The first-order valence-electron chi connectivity index (χ1n) is 11.0. The average Bonchev–Trinajstić information content (AvgIpc) is 2.80. The van der Waals surface area contributed by atoms with Crippen LogP contribution in [0.15, 0.2) is 97.1 Å². The van der Waals surface area contributed by atoms with E-state index in [-0.39, 0.29) is 22.3 Å². The molecule has 0 aromatic heterocycles. The number of hydrogen-bond donors (Lipinski definition) is 2. The number of rotatable bonds is 5. The van der Waals surface area contributed by atoms with Gasteiger partial charge in [-0.3, -0.25) is 0 Å². The predicted molar refractivity (Wildman–Crippen MR) is 132 cm³/mol. The second kappa shape index (κ2) is 8.20. The Morgan fingerprint density at radius 3 is 0.844 bits per heavy atom. The van der Waals surface area contributed by atoms with E-state index in [1.165, 1.54) is 33.4 Å². The third-order valence-electron chi connectivity index (χ3n) is 6.72. The van der Waals surface area contributed by atoms with Gasteiger partial charge in [-0.25, -0.2) is 0 Å². The first kappa shape index (κ1) is 21.7. The summed E-state index contributed by atoms with van der Waals surface area (Å²) in [5, 5.41) is 19.2. The lowest BCUT2D eigenvalue weighted by molar-refractivity contribution is 0.474. The molecular formula is C30H30O2. The molecule has 0 saturated heterocycles. The molecule has 0 bridgehead atoms. The number of aromatic hydroxyl groups is 2. The highest BCUT2D eigenvalue weighted by molar-refractivity contribution is 5.65. The fraction of sp³-hybridized carbons (Fsp3) is 0.200. The Morgan fingerprint density at radius 1 is 0.375 bits per heavy atom. The van der Waals surface area contributed by atoms with E-state index in [9.17, 15) is 10.2 Å². The molecule has 4 aromatic carbocycles. The van der Waals surface area contributed by atoms with Crippen molar-refractivity contribution in [1.82, 2.24) is 0 Å². The molecule has 162 valence electrons. The molecule has 2 nitrogen and oxygen atoms in total. The number of benzene rings is 4. The van der Waals surface area contributed by atoms with Crippen molar-refractivity contribution in [2.45, 2.75) is 38.5 Å². The minimum absolute atomic E-state index is 0.149. The molecule has 0 atom stereocenters. The van der Waals surface area contributed by atoms with Crippen LogP contribution < -0.4 is 0 Å². The van der Waals surface area contributed by atoms with Crippen LogP contribution in [0.3, 0.4) is 0 Å². The smallest absolute Gasteiger partial charge is 0.115 e. The van der Waals surface area contributed by atoms with Crippen molar-refractivity contribution >= 4 is 0 Å². The van der Waals surface area contributed by atoms with Crippen LogP contribution >= 0.6 is 0 Å². The van der Waals surface area contributed by atoms with Gasteiger partial charge in [0.1, 0.15) is 11.5 Å². The third-order valence-corrected chi connectivity index (χ3v) is 6.72. The Morgan fingerprint density at radius 2 is 0.594 bits per heavy atom. The van der Waals surface area contributed by atoms with E-state index in [2.05, 4.69) is 76.2 Å². The monoisotopic (exact) mass is 422 g/mol. The van der Waals surface area contributed by atoms with Crippen molar-refractivity contribution in [3.05, 3.63) is 119 Å². The second-order valence-electron chi connectivity index (χ2n) is 9.50. The summed E-state index contributed by atoms with van der Waals surface area (Å²) in [6.07, 6.45) is 0. The van der Waals surface area contributed by atoms with Gasteiger partial charge in [0.25, 0.3) is 0 Å². The van der Waals surface area contributed by atoms with Gasteiger partial charge >= 0.3 is 0 Å². The lowest BCUT2D eigenvalue weighted by atomic mass is 9.77. The summed E-state index contributed by atoms with van der Waals surface area (Å²) in [5.41, 5.74) is 6.88. The molecule has 0 heterocycles.